The minimum Gasteiger partial charge on any atom is -0.494 e. The average Bonchev–Trinajstić information content (AvgIpc) is 2.17. The van der Waals surface area contributed by atoms with Gasteiger partial charge < -0.3 is 21.9 Å². The molecule has 0 saturated carbocycles. The smallest absolute Gasteiger partial charge is 0.316 e. The molecule has 6 heteroatoms. The maximum atomic E-state index is 5.53. The zero-order valence-electron chi connectivity index (χ0n) is 8.40. The first-order valence-corrected chi connectivity index (χ1v) is 4.25. The maximum absolute atomic E-state index is 5.53. The third-order valence-electron chi connectivity index (χ3n) is 1.60. The van der Waals surface area contributed by atoms with Crippen LogP contribution in [0.2, 0.25) is 0 Å². The van der Waals surface area contributed by atoms with Crippen molar-refractivity contribution in [2.75, 3.05) is 7.11 Å². The van der Waals surface area contributed by atoms with Gasteiger partial charge in [0.15, 0.2) is 11.4 Å². The van der Waals surface area contributed by atoms with Crippen molar-refractivity contribution >= 4 is 17.6 Å². The largest absolute Gasteiger partial charge is 0.494 e. The average molecular weight is 208 g/mol. The van der Waals surface area contributed by atoms with E-state index < -0.39 is 0 Å². The number of para-hydroxylation sites is 2. The van der Waals surface area contributed by atoms with Gasteiger partial charge in [0.25, 0.3) is 5.96 Å². The number of aliphatic imine (C=N–C) groups is 1. The van der Waals surface area contributed by atoms with E-state index in [0.717, 1.165) is 0 Å². The molecule has 1 aromatic rings. The summed E-state index contributed by atoms with van der Waals surface area (Å²) >= 11 is 0. The van der Waals surface area contributed by atoms with E-state index in [-0.39, 0.29) is 11.9 Å². The molecule has 6 nitrogen and oxygen atoms in total. The fraction of sp³-hybridized carbons (Fsp3) is 0.111. The topological polar surface area (TPSA) is 114 Å². The van der Waals surface area contributed by atoms with Crippen LogP contribution in [0.1, 0.15) is 0 Å². The predicted octanol–water partition coefficient (Wildman–Crippen LogP) is -2.00. The van der Waals surface area contributed by atoms with Crippen molar-refractivity contribution in [3.05, 3.63) is 24.3 Å². The Morgan fingerprint density at radius 1 is 1.27 bits per heavy atom. The Morgan fingerprint density at radius 3 is 2.53 bits per heavy atom. The molecule has 0 atom stereocenters. The van der Waals surface area contributed by atoms with Crippen LogP contribution in [0.4, 0.5) is 5.69 Å². The lowest BCUT2D eigenvalue weighted by atomic mass is 10.3. The van der Waals surface area contributed by atoms with E-state index in [1.165, 1.54) is 0 Å². The maximum Gasteiger partial charge on any atom is 0.316 e. The minimum atomic E-state index is -0.00820. The Kier molecular flexibility index (Phi) is 3.50. The summed E-state index contributed by atoms with van der Waals surface area (Å²) in [6, 6.07) is 7.21. The molecule has 15 heavy (non-hydrogen) atoms. The van der Waals surface area contributed by atoms with Gasteiger partial charge in [-0.2, -0.15) is 0 Å². The van der Waals surface area contributed by atoms with E-state index in [1.807, 2.05) is 12.1 Å². The monoisotopic (exact) mass is 208 g/mol. The van der Waals surface area contributed by atoms with Crippen LogP contribution < -0.4 is 26.9 Å². The Labute approximate surface area is 87.5 Å². The predicted molar refractivity (Wildman–Crippen MR) is 58.6 cm³/mol. The van der Waals surface area contributed by atoms with Gasteiger partial charge in [-0.1, -0.05) is 12.1 Å². The van der Waals surface area contributed by atoms with Crippen molar-refractivity contribution in [1.29, 1.82) is 0 Å². The van der Waals surface area contributed by atoms with Crippen LogP contribution in [0.3, 0.4) is 0 Å². The van der Waals surface area contributed by atoms with Crippen molar-refractivity contribution in [2.45, 2.75) is 0 Å². The lowest BCUT2D eigenvalue weighted by Gasteiger charge is -2.00. The molecule has 0 spiro atoms. The third-order valence-corrected chi connectivity index (χ3v) is 1.60. The van der Waals surface area contributed by atoms with Crippen LogP contribution in [0, 0.1) is 0 Å². The van der Waals surface area contributed by atoms with Gasteiger partial charge in [0.05, 0.1) is 7.11 Å². The highest BCUT2D eigenvalue weighted by atomic mass is 16.5. The minimum absolute atomic E-state index is 0.00820. The highest BCUT2D eigenvalue weighted by Gasteiger charge is 2.03. The Hall–Kier alpha value is -2.24. The zero-order chi connectivity index (χ0) is 11.3. The number of ether oxygens (including phenoxy) is 1. The summed E-state index contributed by atoms with van der Waals surface area (Å²) in [7, 11) is 1.56. The van der Waals surface area contributed by atoms with Gasteiger partial charge in [0, 0.05) is 0 Å². The molecule has 0 aliphatic rings. The first kappa shape index (κ1) is 10.8. The van der Waals surface area contributed by atoms with Gasteiger partial charge >= 0.3 is 5.96 Å². The number of guanidine groups is 2. The molecule has 0 unspecified atom stereocenters. The number of benzene rings is 1. The number of hydrogen-bond acceptors (Lipinski definition) is 2. The molecule has 0 saturated heterocycles. The molecule has 1 rings (SSSR count). The lowest BCUT2D eigenvalue weighted by molar-refractivity contribution is -0.320. The molecule has 0 amide bonds. The molecule has 1 aromatic carbocycles. The molecule has 0 aromatic heterocycles. The summed E-state index contributed by atoms with van der Waals surface area (Å²) in [6.45, 7) is 0. The molecule has 0 bridgehead atoms. The van der Waals surface area contributed by atoms with E-state index >= 15 is 0 Å². The number of hydrogen-bond donors (Lipinski definition) is 4. The Bertz CT molecular complexity index is 395. The summed E-state index contributed by atoms with van der Waals surface area (Å²) < 4.78 is 5.09. The summed E-state index contributed by atoms with van der Waals surface area (Å²) in [4.78, 5) is 6.53. The van der Waals surface area contributed by atoms with Gasteiger partial charge in [-0.3, -0.25) is 0 Å². The van der Waals surface area contributed by atoms with E-state index in [4.69, 9.17) is 21.9 Å². The molecule has 7 N–H and O–H groups in total. The number of nitrogens with one attached hydrogen (secondary N) is 1. The van der Waals surface area contributed by atoms with Crippen molar-refractivity contribution in [3.8, 4) is 5.75 Å². The highest BCUT2D eigenvalue weighted by molar-refractivity contribution is 5.80. The van der Waals surface area contributed by atoms with Crippen LogP contribution in [-0.2, 0) is 0 Å². The Morgan fingerprint density at radius 2 is 1.93 bits per heavy atom. The van der Waals surface area contributed by atoms with E-state index in [0.29, 0.717) is 11.4 Å². The van der Waals surface area contributed by atoms with Gasteiger partial charge in [0.2, 0.25) is 0 Å². The highest BCUT2D eigenvalue weighted by Crippen LogP contribution is 2.25. The quantitative estimate of drug-likeness (QED) is 0.332. The van der Waals surface area contributed by atoms with Crippen molar-refractivity contribution in [2.24, 2.45) is 22.2 Å². The second-order valence-electron chi connectivity index (χ2n) is 2.75. The second kappa shape index (κ2) is 4.85. The van der Waals surface area contributed by atoms with Gasteiger partial charge in [-0.15, -0.1) is 4.99 Å². The second-order valence-corrected chi connectivity index (χ2v) is 2.75. The standard InChI is InChI=1S/C9H13N5O/c1-15-7-5-3-2-4-6(7)13-9(12)14-8(10)11/h2-5H,1H3,(H6,10,11,12,13,14)/p+1. The molecular formula is C9H14N5O+. The van der Waals surface area contributed by atoms with Gasteiger partial charge in [-0.25, -0.2) is 4.99 Å². The van der Waals surface area contributed by atoms with Crippen LogP contribution in [0.25, 0.3) is 0 Å². The third kappa shape index (κ3) is 3.18. The van der Waals surface area contributed by atoms with Crippen molar-refractivity contribution in [1.82, 2.24) is 0 Å². The molecule has 0 heterocycles. The van der Waals surface area contributed by atoms with E-state index in [2.05, 4.69) is 9.98 Å². The van der Waals surface area contributed by atoms with Crippen LogP contribution >= 0.6 is 0 Å². The number of nitrogens with two attached hydrogens (primary N) is 3. The molecule has 80 valence electrons. The molecular weight excluding hydrogens is 194 g/mol. The normalized spacial score (nSPS) is 10.9. The fourth-order valence-electron chi connectivity index (χ4n) is 1.03. The first-order chi connectivity index (χ1) is 7.13. The molecule has 0 aliphatic carbocycles. The zero-order valence-corrected chi connectivity index (χ0v) is 8.40. The summed E-state index contributed by atoms with van der Waals surface area (Å²) in [6.07, 6.45) is 0. The van der Waals surface area contributed by atoms with E-state index in [1.54, 1.807) is 19.2 Å². The van der Waals surface area contributed by atoms with Crippen LogP contribution in [-0.4, -0.2) is 19.0 Å². The number of nitrogens with zero attached hydrogens (tertiary/aromatic N) is 1. The molecule has 0 fully saturated rings. The number of methoxy groups -OCH3 is 1. The van der Waals surface area contributed by atoms with E-state index in [9.17, 15) is 0 Å². The summed E-state index contributed by atoms with van der Waals surface area (Å²) in [5, 5.41) is 0. The Balaban J connectivity index is 3.02. The SMILES string of the molecule is COc1ccccc1N=C(N)[NH+]=C(N)N. The number of rotatable bonds is 2. The summed E-state index contributed by atoms with van der Waals surface area (Å²) in [5.74, 6) is 0.725. The molecule has 0 radical (unpaired) electrons. The lowest BCUT2D eigenvalue weighted by Crippen LogP contribution is -2.84. The van der Waals surface area contributed by atoms with Gasteiger partial charge in [0.1, 0.15) is 0 Å². The first-order valence-electron chi connectivity index (χ1n) is 4.25. The van der Waals surface area contributed by atoms with Gasteiger partial charge in [-0.05, 0) is 12.1 Å². The summed E-state index contributed by atoms with van der Waals surface area (Å²) in [5.41, 5.74) is 16.6. The van der Waals surface area contributed by atoms with Crippen LogP contribution in [0.5, 0.6) is 5.75 Å². The van der Waals surface area contributed by atoms with Crippen LogP contribution in [0.15, 0.2) is 29.3 Å². The fourth-order valence-corrected chi connectivity index (χ4v) is 1.03. The molecule has 0 aliphatic heterocycles. The van der Waals surface area contributed by atoms with Crippen molar-refractivity contribution in [3.63, 3.8) is 0 Å². The van der Waals surface area contributed by atoms with Crippen molar-refractivity contribution < 1.29 is 9.73 Å².